The van der Waals surface area contributed by atoms with Crippen LogP contribution in [0.5, 0.6) is 11.8 Å². The molecule has 0 aliphatic heterocycles. The number of halogens is 1. The van der Waals surface area contributed by atoms with Gasteiger partial charge in [-0.1, -0.05) is 15.9 Å². The zero-order chi connectivity index (χ0) is 12.4. The lowest BCUT2D eigenvalue weighted by Gasteiger charge is -2.07. The van der Waals surface area contributed by atoms with Crippen LogP contribution in [0, 0.1) is 5.41 Å². The number of ether oxygens (including phenoxy) is 1. The summed E-state index contributed by atoms with van der Waals surface area (Å²) >= 11 is 3.33. The Labute approximate surface area is 106 Å². The van der Waals surface area contributed by atoms with E-state index in [0.29, 0.717) is 11.3 Å². The molecule has 0 unspecified atom stereocenters. The van der Waals surface area contributed by atoms with E-state index in [9.17, 15) is 0 Å². The SMILES string of the molecule is Cn1cnc(Oc2cc(Br)ccc2C(=N)N)n1. The monoisotopic (exact) mass is 295 g/mol. The normalized spacial score (nSPS) is 10.2. The van der Waals surface area contributed by atoms with E-state index in [-0.39, 0.29) is 11.8 Å². The summed E-state index contributed by atoms with van der Waals surface area (Å²) in [5.41, 5.74) is 5.97. The molecular weight excluding hydrogens is 286 g/mol. The van der Waals surface area contributed by atoms with Gasteiger partial charge in [0.1, 0.15) is 17.9 Å². The third-order valence-corrected chi connectivity index (χ3v) is 2.51. The van der Waals surface area contributed by atoms with Gasteiger partial charge in [-0.2, -0.15) is 4.98 Å². The average molecular weight is 296 g/mol. The fraction of sp³-hybridized carbons (Fsp3) is 0.100. The van der Waals surface area contributed by atoms with Gasteiger partial charge in [0.05, 0.1) is 5.56 Å². The van der Waals surface area contributed by atoms with Gasteiger partial charge in [0.2, 0.25) is 0 Å². The van der Waals surface area contributed by atoms with Crippen LogP contribution in [-0.2, 0) is 7.05 Å². The Kier molecular flexibility index (Phi) is 3.10. The molecule has 2 rings (SSSR count). The Bertz CT molecular complexity index is 566. The minimum absolute atomic E-state index is 0.0663. The quantitative estimate of drug-likeness (QED) is 0.665. The molecule has 0 radical (unpaired) electrons. The van der Waals surface area contributed by atoms with Gasteiger partial charge < -0.3 is 10.5 Å². The van der Waals surface area contributed by atoms with Crippen LogP contribution in [0.15, 0.2) is 29.0 Å². The molecule has 88 valence electrons. The number of nitrogens with two attached hydrogens (primary N) is 1. The van der Waals surface area contributed by atoms with Gasteiger partial charge >= 0.3 is 6.01 Å². The van der Waals surface area contributed by atoms with Crippen molar-refractivity contribution in [1.29, 1.82) is 5.41 Å². The van der Waals surface area contributed by atoms with Crippen molar-refractivity contribution in [3.05, 3.63) is 34.6 Å². The first kappa shape index (κ1) is 11.6. The highest BCUT2D eigenvalue weighted by molar-refractivity contribution is 9.10. The molecule has 17 heavy (non-hydrogen) atoms. The largest absolute Gasteiger partial charge is 0.422 e. The molecule has 0 saturated carbocycles. The summed E-state index contributed by atoms with van der Waals surface area (Å²) in [7, 11) is 1.74. The zero-order valence-corrected chi connectivity index (χ0v) is 10.6. The summed E-state index contributed by atoms with van der Waals surface area (Å²) in [5, 5.41) is 11.4. The third kappa shape index (κ3) is 2.62. The van der Waals surface area contributed by atoms with E-state index in [1.54, 1.807) is 25.2 Å². The van der Waals surface area contributed by atoms with E-state index in [0.717, 1.165) is 4.47 Å². The van der Waals surface area contributed by atoms with Crippen molar-refractivity contribution < 1.29 is 4.74 Å². The van der Waals surface area contributed by atoms with E-state index in [4.69, 9.17) is 15.9 Å². The lowest BCUT2D eigenvalue weighted by molar-refractivity contribution is 0.438. The number of rotatable bonds is 3. The maximum absolute atomic E-state index is 7.45. The average Bonchev–Trinajstić information content (AvgIpc) is 2.63. The van der Waals surface area contributed by atoms with Crippen molar-refractivity contribution in [3.63, 3.8) is 0 Å². The summed E-state index contributed by atoms with van der Waals surface area (Å²) in [6.45, 7) is 0. The fourth-order valence-electron chi connectivity index (χ4n) is 1.27. The molecule has 0 amide bonds. The molecule has 0 spiro atoms. The molecule has 6 nitrogen and oxygen atoms in total. The highest BCUT2D eigenvalue weighted by atomic mass is 79.9. The van der Waals surface area contributed by atoms with Crippen LogP contribution in [0.3, 0.4) is 0 Å². The molecule has 0 saturated heterocycles. The number of nitrogens with one attached hydrogen (secondary N) is 1. The van der Waals surface area contributed by atoms with Crippen molar-refractivity contribution >= 4 is 21.8 Å². The van der Waals surface area contributed by atoms with E-state index >= 15 is 0 Å². The van der Waals surface area contributed by atoms with Gasteiger partial charge in [0, 0.05) is 11.5 Å². The van der Waals surface area contributed by atoms with Crippen LogP contribution in [-0.4, -0.2) is 20.6 Å². The van der Waals surface area contributed by atoms with Gasteiger partial charge in [0.25, 0.3) is 0 Å². The fourth-order valence-corrected chi connectivity index (χ4v) is 1.61. The summed E-state index contributed by atoms with van der Waals surface area (Å²) in [6.07, 6.45) is 1.53. The number of amidine groups is 1. The van der Waals surface area contributed by atoms with E-state index in [1.807, 2.05) is 0 Å². The maximum Gasteiger partial charge on any atom is 0.341 e. The molecule has 0 bridgehead atoms. The molecule has 1 aromatic heterocycles. The van der Waals surface area contributed by atoms with Crippen LogP contribution in [0.4, 0.5) is 0 Å². The van der Waals surface area contributed by atoms with Crippen molar-refractivity contribution in [3.8, 4) is 11.8 Å². The van der Waals surface area contributed by atoms with E-state index < -0.39 is 0 Å². The molecule has 0 aliphatic rings. The summed E-state index contributed by atoms with van der Waals surface area (Å²) in [4.78, 5) is 3.94. The minimum atomic E-state index is -0.0663. The number of nitrogens with zero attached hydrogens (tertiary/aromatic N) is 3. The number of nitrogen functional groups attached to an aromatic ring is 1. The predicted octanol–water partition coefficient (Wildman–Crippen LogP) is 1.65. The van der Waals surface area contributed by atoms with Crippen LogP contribution in [0.1, 0.15) is 5.56 Å². The van der Waals surface area contributed by atoms with Gasteiger partial charge in [0.15, 0.2) is 0 Å². The second kappa shape index (κ2) is 4.54. The minimum Gasteiger partial charge on any atom is -0.422 e. The number of benzene rings is 1. The molecule has 2 aromatic rings. The Morgan fingerprint density at radius 2 is 2.29 bits per heavy atom. The third-order valence-electron chi connectivity index (χ3n) is 2.01. The van der Waals surface area contributed by atoms with Crippen molar-refractivity contribution in [2.75, 3.05) is 0 Å². The summed E-state index contributed by atoms with van der Waals surface area (Å²) in [6, 6.07) is 5.42. The topological polar surface area (TPSA) is 89.8 Å². The van der Waals surface area contributed by atoms with Crippen molar-refractivity contribution in [1.82, 2.24) is 14.8 Å². The summed E-state index contributed by atoms with van der Waals surface area (Å²) < 4.78 is 7.83. The van der Waals surface area contributed by atoms with Gasteiger partial charge in [-0.25, -0.2) is 0 Å². The maximum atomic E-state index is 7.45. The predicted molar refractivity (Wildman–Crippen MR) is 66.2 cm³/mol. The van der Waals surface area contributed by atoms with Gasteiger partial charge in [-0.15, -0.1) is 5.10 Å². The first-order valence-corrected chi connectivity index (χ1v) is 5.53. The van der Waals surface area contributed by atoms with Gasteiger partial charge in [-0.3, -0.25) is 10.1 Å². The molecule has 3 N–H and O–H groups in total. The van der Waals surface area contributed by atoms with E-state index in [2.05, 4.69) is 26.0 Å². The molecular formula is C10H10BrN5O. The Morgan fingerprint density at radius 1 is 1.53 bits per heavy atom. The van der Waals surface area contributed by atoms with Crippen LogP contribution < -0.4 is 10.5 Å². The van der Waals surface area contributed by atoms with Gasteiger partial charge in [-0.05, 0) is 18.2 Å². The molecule has 0 atom stereocenters. The van der Waals surface area contributed by atoms with Crippen LogP contribution in [0.2, 0.25) is 0 Å². The standard InChI is InChI=1S/C10H10BrN5O/c1-16-5-14-10(15-16)17-8-4-6(11)2-3-7(8)9(12)13/h2-5H,1H3,(H3,12,13). The Morgan fingerprint density at radius 3 is 2.88 bits per heavy atom. The second-order valence-corrected chi connectivity index (χ2v) is 4.27. The second-order valence-electron chi connectivity index (χ2n) is 3.36. The van der Waals surface area contributed by atoms with Crippen LogP contribution >= 0.6 is 15.9 Å². The summed E-state index contributed by atoms with van der Waals surface area (Å²) in [5.74, 6) is 0.376. The molecule has 0 fully saturated rings. The Balaban J connectivity index is 2.37. The molecule has 1 aromatic carbocycles. The van der Waals surface area contributed by atoms with Crippen LogP contribution in [0.25, 0.3) is 0 Å². The number of aromatic nitrogens is 3. The highest BCUT2D eigenvalue weighted by Crippen LogP contribution is 2.26. The molecule has 7 heteroatoms. The van der Waals surface area contributed by atoms with Crippen molar-refractivity contribution in [2.24, 2.45) is 12.8 Å². The first-order valence-electron chi connectivity index (χ1n) is 4.73. The lowest BCUT2D eigenvalue weighted by atomic mass is 10.2. The zero-order valence-electron chi connectivity index (χ0n) is 9.01. The Hall–Kier alpha value is -1.89. The smallest absolute Gasteiger partial charge is 0.341 e. The first-order chi connectivity index (χ1) is 8.06. The molecule has 0 aliphatic carbocycles. The number of hydrogen-bond donors (Lipinski definition) is 2. The molecule has 1 heterocycles. The van der Waals surface area contributed by atoms with E-state index in [1.165, 1.54) is 11.0 Å². The highest BCUT2D eigenvalue weighted by Gasteiger charge is 2.10. The number of aryl methyl sites for hydroxylation is 1. The lowest BCUT2D eigenvalue weighted by Crippen LogP contribution is -2.12. The van der Waals surface area contributed by atoms with Crippen molar-refractivity contribution in [2.45, 2.75) is 0 Å². The number of hydrogen-bond acceptors (Lipinski definition) is 4.